The van der Waals surface area contributed by atoms with Crippen LogP contribution in [0.25, 0.3) is 0 Å². The molecule has 0 heterocycles. The average molecular weight is 323 g/mol. The Morgan fingerprint density at radius 1 is 1.10 bits per heavy atom. The first-order valence-corrected chi connectivity index (χ1v) is 7.55. The van der Waals surface area contributed by atoms with E-state index in [0.717, 1.165) is 12.8 Å². The number of carbonyl (C=O) groups is 1. The van der Waals surface area contributed by atoms with Crippen LogP contribution in [0.15, 0.2) is 4.99 Å². The zero-order valence-corrected chi connectivity index (χ0v) is 13.9. The fourth-order valence-electron chi connectivity index (χ4n) is 1.80. The number of esters is 1. The summed E-state index contributed by atoms with van der Waals surface area (Å²) < 4.78 is 5.14. The molecule has 0 unspecified atom stereocenters. The lowest BCUT2D eigenvalue weighted by Crippen LogP contribution is -2.32. The van der Waals surface area contributed by atoms with Crippen LogP contribution in [0.3, 0.4) is 0 Å². The number of rotatable bonds is 12. The number of hydrogen-bond acceptors (Lipinski definition) is 4. The SMILES string of the molecule is CCCCCCCCOC(=O)[C@@H](N)CCCN=C(N)N.Cl. The van der Waals surface area contributed by atoms with E-state index >= 15 is 0 Å². The molecule has 0 aliphatic heterocycles. The number of aliphatic imine (C=N–C) groups is 1. The molecule has 6 N–H and O–H groups in total. The van der Waals surface area contributed by atoms with Crippen molar-refractivity contribution in [2.75, 3.05) is 13.2 Å². The third kappa shape index (κ3) is 15.2. The summed E-state index contributed by atoms with van der Waals surface area (Å²) in [5.41, 5.74) is 16.1. The minimum Gasteiger partial charge on any atom is -0.465 e. The number of halogens is 1. The van der Waals surface area contributed by atoms with Crippen molar-refractivity contribution in [1.82, 2.24) is 0 Å². The highest BCUT2D eigenvalue weighted by Gasteiger charge is 2.13. The van der Waals surface area contributed by atoms with Crippen LogP contribution >= 0.6 is 12.4 Å². The van der Waals surface area contributed by atoms with Crippen molar-refractivity contribution in [3.05, 3.63) is 0 Å². The second kappa shape index (κ2) is 15.4. The van der Waals surface area contributed by atoms with Crippen LogP contribution in [0.1, 0.15) is 58.3 Å². The first-order valence-electron chi connectivity index (χ1n) is 7.55. The molecule has 126 valence electrons. The Morgan fingerprint density at radius 2 is 1.71 bits per heavy atom. The number of unbranched alkanes of at least 4 members (excludes halogenated alkanes) is 5. The highest BCUT2D eigenvalue weighted by atomic mass is 35.5. The van der Waals surface area contributed by atoms with Crippen LogP contribution in [0.5, 0.6) is 0 Å². The van der Waals surface area contributed by atoms with Gasteiger partial charge in [-0.2, -0.15) is 0 Å². The third-order valence-corrected chi connectivity index (χ3v) is 3.01. The summed E-state index contributed by atoms with van der Waals surface area (Å²) in [6.07, 6.45) is 8.20. The largest absolute Gasteiger partial charge is 0.465 e. The monoisotopic (exact) mass is 322 g/mol. The zero-order chi connectivity index (χ0) is 15.2. The molecule has 0 rings (SSSR count). The molecular formula is C14H31ClN4O2. The summed E-state index contributed by atoms with van der Waals surface area (Å²) in [6, 6.07) is -0.579. The molecule has 21 heavy (non-hydrogen) atoms. The van der Waals surface area contributed by atoms with E-state index in [9.17, 15) is 4.79 Å². The number of guanidine groups is 1. The second-order valence-electron chi connectivity index (χ2n) is 4.99. The van der Waals surface area contributed by atoms with Gasteiger partial charge in [-0.05, 0) is 19.3 Å². The van der Waals surface area contributed by atoms with E-state index < -0.39 is 6.04 Å². The molecule has 0 saturated heterocycles. The summed E-state index contributed by atoms with van der Waals surface area (Å²) in [5, 5.41) is 0. The predicted octanol–water partition coefficient (Wildman–Crippen LogP) is 1.69. The van der Waals surface area contributed by atoms with Gasteiger partial charge in [-0.1, -0.05) is 39.0 Å². The molecule has 0 bridgehead atoms. The molecule has 0 aromatic heterocycles. The van der Waals surface area contributed by atoms with Gasteiger partial charge in [0, 0.05) is 6.54 Å². The van der Waals surface area contributed by atoms with E-state index in [4.69, 9.17) is 21.9 Å². The Morgan fingerprint density at radius 3 is 2.33 bits per heavy atom. The lowest BCUT2D eigenvalue weighted by atomic mass is 10.1. The Bertz CT molecular complexity index is 284. The van der Waals surface area contributed by atoms with E-state index in [-0.39, 0.29) is 24.3 Å². The van der Waals surface area contributed by atoms with E-state index in [1.165, 1.54) is 25.7 Å². The Labute approximate surface area is 134 Å². The van der Waals surface area contributed by atoms with Gasteiger partial charge in [-0.15, -0.1) is 12.4 Å². The Kier molecular flexibility index (Phi) is 16.3. The maximum Gasteiger partial charge on any atom is 0.322 e. The van der Waals surface area contributed by atoms with Crippen LogP contribution in [0, 0.1) is 0 Å². The first-order chi connectivity index (χ1) is 9.57. The van der Waals surface area contributed by atoms with Gasteiger partial charge in [0.2, 0.25) is 0 Å². The van der Waals surface area contributed by atoms with Gasteiger partial charge >= 0.3 is 5.97 Å². The van der Waals surface area contributed by atoms with Gasteiger partial charge < -0.3 is 21.9 Å². The maximum absolute atomic E-state index is 11.6. The van der Waals surface area contributed by atoms with Gasteiger partial charge in [-0.25, -0.2) is 0 Å². The molecule has 6 nitrogen and oxygen atoms in total. The van der Waals surface area contributed by atoms with Crippen molar-refractivity contribution >= 4 is 24.3 Å². The molecule has 0 radical (unpaired) electrons. The van der Waals surface area contributed by atoms with Crippen LogP contribution in [-0.4, -0.2) is 31.1 Å². The fraction of sp³-hybridized carbons (Fsp3) is 0.857. The normalized spacial score (nSPS) is 11.3. The van der Waals surface area contributed by atoms with Crippen LogP contribution in [0.2, 0.25) is 0 Å². The lowest BCUT2D eigenvalue weighted by molar-refractivity contribution is -0.145. The Balaban J connectivity index is 0. The van der Waals surface area contributed by atoms with Crippen molar-refractivity contribution in [2.45, 2.75) is 64.3 Å². The lowest BCUT2D eigenvalue weighted by Gasteiger charge is -2.10. The summed E-state index contributed by atoms with van der Waals surface area (Å²) >= 11 is 0. The minimum absolute atomic E-state index is 0. The van der Waals surface area contributed by atoms with Crippen LogP contribution in [0.4, 0.5) is 0 Å². The molecule has 0 aromatic rings. The van der Waals surface area contributed by atoms with E-state index in [1.807, 2.05) is 0 Å². The molecule has 0 amide bonds. The van der Waals surface area contributed by atoms with E-state index in [2.05, 4.69) is 11.9 Å². The summed E-state index contributed by atoms with van der Waals surface area (Å²) in [7, 11) is 0. The van der Waals surface area contributed by atoms with Gasteiger partial charge in [0.25, 0.3) is 0 Å². The standard InChI is InChI=1S/C14H30N4O2.ClH/c1-2-3-4-5-6-7-11-20-13(19)12(15)9-8-10-18-14(16)17;/h12H,2-11,15H2,1H3,(H4,16,17,18);1H/t12-;/m0./s1. The van der Waals surface area contributed by atoms with Crippen molar-refractivity contribution < 1.29 is 9.53 Å². The smallest absolute Gasteiger partial charge is 0.322 e. The maximum atomic E-state index is 11.6. The molecule has 0 saturated carbocycles. The highest BCUT2D eigenvalue weighted by molar-refractivity contribution is 5.85. The van der Waals surface area contributed by atoms with Crippen molar-refractivity contribution in [3.63, 3.8) is 0 Å². The number of ether oxygens (including phenoxy) is 1. The van der Waals surface area contributed by atoms with E-state index in [1.54, 1.807) is 0 Å². The quantitative estimate of drug-likeness (QED) is 0.219. The molecule has 0 spiro atoms. The predicted molar refractivity (Wildman–Crippen MR) is 89.5 cm³/mol. The van der Waals surface area contributed by atoms with E-state index in [0.29, 0.717) is 26.0 Å². The zero-order valence-electron chi connectivity index (χ0n) is 13.1. The van der Waals surface area contributed by atoms with Gasteiger partial charge in [0.15, 0.2) is 5.96 Å². The number of hydrogen-bond donors (Lipinski definition) is 3. The third-order valence-electron chi connectivity index (χ3n) is 3.01. The number of nitrogens with two attached hydrogens (primary N) is 3. The van der Waals surface area contributed by atoms with Crippen LogP contribution in [-0.2, 0) is 9.53 Å². The first kappa shape index (κ1) is 22.3. The average Bonchev–Trinajstić information content (AvgIpc) is 2.41. The molecule has 0 aliphatic rings. The van der Waals surface area contributed by atoms with Crippen molar-refractivity contribution in [3.8, 4) is 0 Å². The summed E-state index contributed by atoms with van der Waals surface area (Å²) in [5.74, 6) is -0.271. The van der Waals surface area contributed by atoms with Gasteiger partial charge in [-0.3, -0.25) is 9.79 Å². The fourth-order valence-corrected chi connectivity index (χ4v) is 1.80. The van der Waals surface area contributed by atoms with Gasteiger partial charge in [0.05, 0.1) is 6.61 Å². The molecule has 1 atom stereocenters. The van der Waals surface area contributed by atoms with Crippen LogP contribution < -0.4 is 17.2 Å². The van der Waals surface area contributed by atoms with Crippen molar-refractivity contribution in [1.29, 1.82) is 0 Å². The molecule has 0 aromatic carbocycles. The van der Waals surface area contributed by atoms with Gasteiger partial charge in [0.1, 0.15) is 6.04 Å². The highest BCUT2D eigenvalue weighted by Crippen LogP contribution is 2.05. The summed E-state index contributed by atoms with van der Waals surface area (Å²) in [4.78, 5) is 15.4. The second-order valence-corrected chi connectivity index (χ2v) is 4.99. The summed E-state index contributed by atoms with van der Waals surface area (Å²) in [6.45, 7) is 3.14. The number of nitrogens with zero attached hydrogens (tertiary/aromatic N) is 1. The topological polar surface area (TPSA) is 117 Å². The minimum atomic E-state index is -0.579. The Hall–Kier alpha value is -1.01. The molecular weight excluding hydrogens is 292 g/mol. The molecule has 7 heteroatoms. The number of carbonyl (C=O) groups excluding carboxylic acids is 1. The molecule has 0 fully saturated rings. The molecule has 0 aliphatic carbocycles. The van der Waals surface area contributed by atoms with Crippen molar-refractivity contribution in [2.24, 2.45) is 22.2 Å².